The molecule has 0 N–H and O–H groups in total. The number of halogens is 3. The van der Waals surface area contributed by atoms with Gasteiger partial charge in [-0.1, -0.05) is 41.9 Å². The molecule has 0 fully saturated rings. The van der Waals surface area contributed by atoms with Gasteiger partial charge in [-0.15, -0.1) is 4.73 Å². The maximum Gasteiger partial charge on any atom is 0.405 e. The number of hydrogen-bond acceptors (Lipinski definition) is 6. The average molecular weight is 508 g/mol. The number of alkyl halides is 2. The van der Waals surface area contributed by atoms with Crippen LogP contribution in [-0.4, -0.2) is 32.6 Å². The smallest absolute Gasteiger partial charge is 0.405 e. The van der Waals surface area contributed by atoms with Crippen LogP contribution >= 0.6 is 11.6 Å². The number of fused-ring (bicyclic) bond motifs is 1. The van der Waals surface area contributed by atoms with Crippen molar-refractivity contribution >= 4 is 33.4 Å². The second kappa shape index (κ2) is 10.4. The van der Waals surface area contributed by atoms with E-state index in [0.717, 1.165) is 10.3 Å². The first-order valence-corrected chi connectivity index (χ1v) is 11.8. The molecule has 0 aliphatic carbocycles. The molecule has 0 bridgehead atoms. The van der Waals surface area contributed by atoms with Gasteiger partial charge in [-0.05, 0) is 30.7 Å². The third-order valence-corrected chi connectivity index (χ3v) is 6.41. The van der Waals surface area contributed by atoms with Crippen molar-refractivity contribution in [3.63, 3.8) is 0 Å². The Hall–Kier alpha value is -3.24. The van der Waals surface area contributed by atoms with Crippen LogP contribution in [-0.2, 0) is 23.2 Å². The Labute approximate surface area is 201 Å². The van der Waals surface area contributed by atoms with Crippen molar-refractivity contribution in [3.05, 3.63) is 76.6 Å². The predicted octanol–water partition coefficient (Wildman–Crippen LogP) is 4.94. The molecule has 4 aromatic rings. The summed E-state index contributed by atoms with van der Waals surface area (Å²) in [6.07, 6.45) is 1.49. The fraction of sp³-hybridized carbons (Fsp3) is 0.217. The van der Waals surface area contributed by atoms with Crippen LogP contribution in [0.5, 0.6) is 11.5 Å². The number of benzene rings is 2. The van der Waals surface area contributed by atoms with Gasteiger partial charge < -0.3 is 14.3 Å². The molecular formula is C23H20ClF2N3O4S. The molecule has 7 nitrogen and oxygen atoms in total. The van der Waals surface area contributed by atoms with E-state index in [1.54, 1.807) is 6.92 Å². The zero-order valence-corrected chi connectivity index (χ0v) is 19.8. The van der Waals surface area contributed by atoms with Crippen LogP contribution in [0.25, 0.3) is 11.0 Å². The summed E-state index contributed by atoms with van der Waals surface area (Å²) in [5.74, 6) is 0.772. The Balaban J connectivity index is 1.61. The molecule has 0 aliphatic heterocycles. The number of rotatable bonds is 9. The van der Waals surface area contributed by atoms with Gasteiger partial charge in [0.15, 0.2) is 11.5 Å². The summed E-state index contributed by atoms with van der Waals surface area (Å²) < 4.78 is 51.4. The minimum atomic E-state index is -3.13. The number of pyridine rings is 1. The highest BCUT2D eigenvalue weighted by Gasteiger charge is 2.23. The van der Waals surface area contributed by atoms with Gasteiger partial charge in [-0.25, -0.2) is 4.98 Å². The highest BCUT2D eigenvalue weighted by atomic mass is 35.5. The van der Waals surface area contributed by atoms with Crippen molar-refractivity contribution < 1.29 is 27.3 Å². The number of methoxy groups -OCH3 is 1. The van der Waals surface area contributed by atoms with Gasteiger partial charge in [0.25, 0.3) is 0 Å². The van der Waals surface area contributed by atoms with E-state index in [4.69, 9.17) is 21.1 Å². The van der Waals surface area contributed by atoms with E-state index in [1.807, 2.05) is 30.3 Å². The number of ether oxygens (including phenoxy) is 2. The lowest BCUT2D eigenvalue weighted by Crippen LogP contribution is -2.20. The Morgan fingerprint density at radius 1 is 1.18 bits per heavy atom. The molecule has 0 radical (unpaired) electrons. The van der Waals surface area contributed by atoms with Crippen LogP contribution in [0.1, 0.15) is 16.8 Å². The monoisotopic (exact) mass is 507 g/mol. The largest absolute Gasteiger partial charge is 0.492 e. The molecule has 0 saturated heterocycles. The second-order valence-corrected chi connectivity index (χ2v) is 8.96. The van der Waals surface area contributed by atoms with Gasteiger partial charge >= 0.3 is 6.61 Å². The summed E-state index contributed by atoms with van der Waals surface area (Å²) in [4.78, 5) is 13.2. The summed E-state index contributed by atoms with van der Waals surface area (Å²) in [5.41, 5.74) is 2.53. The minimum absolute atomic E-state index is 0.106. The first kappa shape index (κ1) is 23.9. The molecule has 0 aliphatic rings. The third kappa shape index (κ3) is 5.13. The Bertz CT molecular complexity index is 1340. The van der Waals surface area contributed by atoms with E-state index in [0.29, 0.717) is 34.4 Å². The second-order valence-electron chi connectivity index (χ2n) is 7.18. The van der Waals surface area contributed by atoms with E-state index in [9.17, 15) is 13.0 Å². The van der Waals surface area contributed by atoms with Crippen LogP contribution < -0.4 is 14.3 Å². The molecule has 2 aromatic carbocycles. The molecule has 1 atom stereocenters. The fourth-order valence-corrected chi connectivity index (χ4v) is 4.73. The van der Waals surface area contributed by atoms with Crippen molar-refractivity contribution in [3.8, 4) is 11.5 Å². The molecule has 0 saturated carbocycles. The van der Waals surface area contributed by atoms with Crippen molar-refractivity contribution in [2.24, 2.45) is 0 Å². The quantitative estimate of drug-likeness (QED) is 0.319. The van der Waals surface area contributed by atoms with Crippen molar-refractivity contribution in [1.29, 1.82) is 0 Å². The lowest BCUT2D eigenvalue weighted by molar-refractivity contribution is -0.136. The van der Waals surface area contributed by atoms with Gasteiger partial charge in [0.2, 0.25) is 5.16 Å². The molecular weight excluding hydrogens is 488 g/mol. The molecule has 11 heteroatoms. The molecule has 0 spiro atoms. The Morgan fingerprint density at radius 3 is 2.65 bits per heavy atom. The summed E-state index contributed by atoms with van der Waals surface area (Å²) in [6, 6.07) is 14.1. The van der Waals surface area contributed by atoms with E-state index in [-0.39, 0.29) is 21.9 Å². The van der Waals surface area contributed by atoms with Crippen molar-refractivity contribution in [2.45, 2.75) is 31.1 Å². The summed E-state index contributed by atoms with van der Waals surface area (Å²) >= 11 is 5.98. The number of hydrogen-bond donors (Lipinski definition) is 0. The first-order chi connectivity index (χ1) is 16.4. The van der Waals surface area contributed by atoms with E-state index in [2.05, 4.69) is 14.8 Å². The topological polar surface area (TPSA) is 75.5 Å². The Morgan fingerprint density at radius 2 is 1.94 bits per heavy atom. The highest BCUT2D eigenvalue weighted by molar-refractivity contribution is 7.84. The minimum Gasteiger partial charge on any atom is -0.492 e. The molecule has 0 amide bonds. The van der Waals surface area contributed by atoms with Gasteiger partial charge in [-0.2, -0.15) is 8.78 Å². The molecule has 2 aromatic heterocycles. The molecule has 1 unspecified atom stereocenters. The van der Waals surface area contributed by atoms with Crippen LogP contribution in [0.4, 0.5) is 8.78 Å². The van der Waals surface area contributed by atoms with E-state index < -0.39 is 17.4 Å². The lowest BCUT2D eigenvalue weighted by Gasteiger charge is -2.15. The summed E-state index contributed by atoms with van der Waals surface area (Å²) in [6.45, 7) is -1.06. The van der Waals surface area contributed by atoms with Crippen LogP contribution in [0.3, 0.4) is 0 Å². The van der Waals surface area contributed by atoms with Crippen LogP contribution in [0.2, 0.25) is 5.02 Å². The molecule has 2 heterocycles. The highest BCUT2D eigenvalue weighted by Crippen LogP contribution is 2.33. The molecule has 178 valence electrons. The van der Waals surface area contributed by atoms with E-state index >= 15 is 0 Å². The number of imidazole rings is 1. The van der Waals surface area contributed by atoms with Crippen molar-refractivity contribution in [1.82, 2.24) is 14.7 Å². The third-order valence-electron chi connectivity index (χ3n) is 4.98. The average Bonchev–Trinajstić information content (AvgIpc) is 3.16. The number of nitrogens with zero attached hydrogens (tertiary/aromatic N) is 3. The molecule has 4 rings (SSSR count). The maximum atomic E-state index is 13.2. The van der Waals surface area contributed by atoms with Gasteiger partial charge in [0, 0.05) is 10.6 Å². The van der Waals surface area contributed by atoms with Gasteiger partial charge in [-0.3, -0.25) is 9.19 Å². The summed E-state index contributed by atoms with van der Waals surface area (Å²) in [7, 11) is -0.373. The standard InChI is InChI=1S/C23H20ClF2N3O4S/c1-14-18(27-11-20(21(14)31-2)32-12-15-6-4-3-5-7-15)13-34(30)23-28-17-10-16(24)8-9-19(17)29(23)33-22(25)26/h3-11,22H,12-13H2,1-2H3. The first-order valence-electron chi connectivity index (χ1n) is 10.1. The predicted molar refractivity (Wildman–Crippen MR) is 124 cm³/mol. The van der Waals surface area contributed by atoms with E-state index in [1.165, 1.54) is 31.5 Å². The maximum absolute atomic E-state index is 13.2. The van der Waals surface area contributed by atoms with Gasteiger partial charge in [0.1, 0.15) is 12.1 Å². The normalized spacial score (nSPS) is 12.2. The van der Waals surface area contributed by atoms with Crippen LogP contribution in [0.15, 0.2) is 59.9 Å². The van der Waals surface area contributed by atoms with Crippen molar-refractivity contribution in [2.75, 3.05) is 7.11 Å². The SMILES string of the molecule is COc1c(OCc2ccccc2)cnc(CS(=O)c2nc3cc(Cl)ccc3n2OC(F)F)c1C. The zero-order valence-electron chi connectivity index (χ0n) is 18.2. The molecule has 34 heavy (non-hydrogen) atoms. The fourth-order valence-electron chi connectivity index (χ4n) is 3.37. The Kier molecular flexibility index (Phi) is 7.28. The summed E-state index contributed by atoms with van der Waals surface area (Å²) in [5, 5.41) is 0.182. The lowest BCUT2D eigenvalue weighted by atomic mass is 10.2. The zero-order chi connectivity index (χ0) is 24.2. The van der Waals surface area contributed by atoms with Crippen LogP contribution in [0, 0.1) is 6.92 Å². The number of aromatic nitrogens is 3. The van der Waals surface area contributed by atoms with Gasteiger partial charge in [0.05, 0.1) is 41.1 Å².